The number of rotatable bonds is 65. The van der Waals surface area contributed by atoms with E-state index < -0.39 is 116 Å². The Kier molecular flexibility index (Phi) is 48.1. The summed E-state index contributed by atoms with van der Waals surface area (Å²) in [4.78, 5) is 143. The molecule has 5 amide bonds. The summed E-state index contributed by atoms with van der Waals surface area (Å²) in [6.45, 7) is 16.4. The Hall–Kier alpha value is -10.7. The fourth-order valence-electron chi connectivity index (χ4n) is 13.9. The van der Waals surface area contributed by atoms with Crippen LogP contribution in [-0.2, 0) is 148 Å². The average Bonchev–Trinajstić information content (AvgIpc) is 1.64. The number of unbranched alkanes of at least 4 members (excludes halogenated alkanes) is 2. The van der Waals surface area contributed by atoms with Gasteiger partial charge in [-0.3, -0.25) is 38.9 Å². The van der Waals surface area contributed by atoms with Crippen LogP contribution in [0.5, 0.6) is 5.75 Å². The topological polar surface area (TPSA) is 476 Å². The summed E-state index contributed by atoms with van der Waals surface area (Å²) in [5.74, 6) is -5.78. The first kappa shape index (κ1) is 106. The zero-order valence-electron chi connectivity index (χ0n) is 75.8. The van der Waals surface area contributed by atoms with Gasteiger partial charge in [0.2, 0.25) is 30.1 Å². The van der Waals surface area contributed by atoms with Gasteiger partial charge >= 0.3 is 42.0 Å². The lowest BCUT2D eigenvalue weighted by Crippen LogP contribution is -2.63. The summed E-state index contributed by atoms with van der Waals surface area (Å²) in [5.41, 5.74) is 5.25. The molecule has 1 aliphatic carbocycles. The minimum Gasteiger partial charge on any atom is -0.465 e. The van der Waals surface area contributed by atoms with E-state index in [4.69, 9.17) is 109 Å². The van der Waals surface area contributed by atoms with Gasteiger partial charge in [-0.15, -0.1) is 0 Å². The molecule has 0 saturated carbocycles. The first-order valence-electron chi connectivity index (χ1n) is 44.0. The molecule has 2 aliphatic rings. The van der Waals surface area contributed by atoms with E-state index in [9.17, 15) is 53.1 Å². The number of esters is 5. The van der Waals surface area contributed by atoms with E-state index in [2.05, 4.69) is 26.6 Å². The molecule has 1 unspecified atom stereocenters. The average molecular weight is 1840 g/mol. The van der Waals surface area contributed by atoms with Crippen LogP contribution in [0.3, 0.4) is 0 Å². The van der Waals surface area contributed by atoms with E-state index in [0.717, 1.165) is 62.8 Å². The minimum atomic E-state index is -1.79. The van der Waals surface area contributed by atoms with Crippen molar-refractivity contribution in [3.05, 3.63) is 113 Å². The molecule has 0 bridgehead atoms. The van der Waals surface area contributed by atoms with Crippen LogP contribution in [0.2, 0.25) is 0 Å². The predicted octanol–water partition coefficient (Wildman–Crippen LogP) is 7.16. The van der Waals surface area contributed by atoms with E-state index in [1.165, 1.54) is 31.4 Å². The fraction of sp³-hybridized carbons (Fsp3) is 0.582. The molecule has 7 atom stereocenters. The molecule has 3 heterocycles. The molecule has 0 spiro atoms. The number of aliphatic hydroxyl groups is 1. The number of aryl methyl sites for hydroxylation is 1. The summed E-state index contributed by atoms with van der Waals surface area (Å²) < 4.78 is 119. The molecule has 6 aromatic rings. The van der Waals surface area contributed by atoms with Crippen molar-refractivity contribution in [3.8, 4) is 16.9 Å². The summed E-state index contributed by atoms with van der Waals surface area (Å²) in [7, 11) is 2.86. The van der Waals surface area contributed by atoms with Crippen LogP contribution in [0.15, 0.2) is 84.9 Å². The number of ether oxygens (including phenoxy) is 21. The minimum absolute atomic E-state index is 0.0438. The number of aromatic nitrogens is 3. The van der Waals surface area contributed by atoms with E-state index in [1.807, 2.05) is 60.0 Å². The van der Waals surface area contributed by atoms with E-state index in [-0.39, 0.29) is 110 Å². The van der Waals surface area contributed by atoms with Crippen LogP contribution in [0.4, 0.5) is 21.1 Å². The van der Waals surface area contributed by atoms with Crippen molar-refractivity contribution in [2.24, 2.45) is 0 Å². The molecule has 1 saturated heterocycles. The van der Waals surface area contributed by atoms with Gasteiger partial charge < -0.3 is 130 Å². The maximum atomic E-state index is 14.4. The number of anilines is 2. The Balaban J connectivity index is 0.819. The van der Waals surface area contributed by atoms with Crippen LogP contribution in [0.1, 0.15) is 125 Å². The lowest BCUT2D eigenvalue weighted by molar-refractivity contribution is -0.288. The highest BCUT2D eigenvalue weighted by atomic mass is 16.7. The third-order valence-corrected chi connectivity index (χ3v) is 19.9. The van der Waals surface area contributed by atoms with Gasteiger partial charge in [-0.25, -0.2) is 24.4 Å². The van der Waals surface area contributed by atoms with Gasteiger partial charge in [0, 0.05) is 78.5 Å². The molecule has 131 heavy (non-hydrogen) atoms. The summed E-state index contributed by atoms with van der Waals surface area (Å²) >= 11 is 0. The second-order valence-electron chi connectivity index (χ2n) is 30.1. The van der Waals surface area contributed by atoms with Gasteiger partial charge in [0.15, 0.2) is 18.0 Å². The number of fused-ring (bicyclic) bond motifs is 6. The van der Waals surface area contributed by atoms with Gasteiger partial charge in [-0.2, -0.15) is 0 Å². The fourth-order valence-corrected chi connectivity index (χ4v) is 13.9. The molecule has 1 fully saturated rings. The van der Waals surface area contributed by atoms with Crippen molar-refractivity contribution in [1.82, 2.24) is 30.5 Å². The SMILES string of the molecule is CCCCc1nc2c(NC(=O)OCc3ccc(O[C@H]4O[C@H](COC(C)=O)[C@@H](OC(C)=O)[C@H](OC(C)=O)[C@@H]4OC(C)=O)c(NC(=O)CCNC(=O)[C@H](CCCCNC(=O)CCOCCOCCOCCOCCOCCOCCOCCOCCOCCOCCOCCOC)NC(=O)OCC4c5ccccc5-c5ccccc54)c3)nc3cc(C(=O)OC)ccc3c2n1CC(C)O. The molecular formula is C91H126N8O32. The molecule has 6 N–H and O–H groups in total. The van der Waals surface area contributed by atoms with Crippen molar-refractivity contribution in [2.45, 2.75) is 155 Å². The van der Waals surface area contributed by atoms with Crippen molar-refractivity contribution in [3.63, 3.8) is 0 Å². The number of hydrogen-bond acceptors (Lipinski definition) is 34. The number of methoxy groups -OCH3 is 2. The maximum absolute atomic E-state index is 14.4. The number of imidazole rings is 1. The molecule has 722 valence electrons. The quantitative estimate of drug-likeness (QED) is 0.0125. The molecule has 4 aromatic carbocycles. The Labute approximate surface area is 760 Å². The molecule has 8 rings (SSSR count). The summed E-state index contributed by atoms with van der Waals surface area (Å²) in [5, 5.41) is 25.1. The van der Waals surface area contributed by atoms with Gasteiger partial charge in [-0.05, 0) is 90.8 Å². The Morgan fingerprint density at radius 3 is 1.60 bits per heavy atom. The van der Waals surface area contributed by atoms with Gasteiger partial charge in [0.25, 0.3) is 0 Å². The first-order valence-corrected chi connectivity index (χ1v) is 44.0. The number of carbonyl (C=O) groups is 10. The molecule has 2 aromatic heterocycles. The third-order valence-electron chi connectivity index (χ3n) is 19.9. The van der Waals surface area contributed by atoms with Crippen molar-refractivity contribution >= 4 is 93.2 Å². The number of alkyl carbamates (subject to hydrolysis) is 1. The maximum Gasteiger partial charge on any atom is 0.413 e. The number of hydrogen-bond donors (Lipinski definition) is 6. The lowest BCUT2D eigenvalue weighted by atomic mass is 9.98. The molecule has 40 nitrogen and oxygen atoms in total. The number of carbonyl (C=O) groups excluding carboxylic acids is 10. The summed E-state index contributed by atoms with van der Waals surface area (Å²) in [6, 6.07) is 23.3. The zero-order valence-corrected chi connectivity index (χ0v) is 75.8. The number of pyridine rings is 1. The number of nitrogens with zero attached hydrogens (tertiary/aromatic N) is 3. The van der Waals surface area contributed by atoms with Crippen molar-refractivity contribution in [2.75, 3.05) is 203 Å². The lowest BCUT2D eigenvalue weighted by Gasteiger charge is -2.44. The van der Waals surface area contributed by atoms with Gasteiger partial charge in [0.1, 0.15) is 49.1 Å². The van der Waals surface area contributed by atoms with Crippen LogP contribution in [0.25, 0.3) is 33.1 Å². The number of nitrogens with one attached hydrogen (secondary N) is 5. The standard InChI is InChI=1S/C91H126N8O32/c1-9-10-22-78-97-81-82(99(78)56-60(2)100)71-25-24-66(88(108)112-8)55-74(71)95-86(81)98-91(110)125-57-65-23-26-76(130-89-85(129-64(6)104)84(128-63(5)103)83(127-62(4)102)77(131-89)59-124-61(3)101)75(54-65)94-80(106)27-30-93-87(107)73(96-90(109)126-58-72-69-19-13-11-17-67(69)68-18-12-14-20-70(68)72)21-15-16-29-92-79(105)28-31-113-34-35-115-38-39-117-42-43-119-46-47-121-50-51-123-53-52-122-49-48-120-45-44-118-41-40-116-37-36-114-33-32-111-7/h11-14,17-20,23-26,54-55,60,72-73,77,83-85,89,100H,9-10,15-16,21-22,27-53,56-59H2,1-8H3,(H,92,105)(H,93,107)(H,94,106)(H,96,109)(H,95,98,110)/t60?,73-,77+,83+,84-,85-,89-/m0/s1. The first-order chi connectivity index (χ1) is 63.5. The van der Waals surface area contributed by atoms with E-state index in [1.54, 1.807) is 26.2 Å². The highest BCUT2D eigenvalue weighted by Crippen LogP contribution is 2.45. The summed E-state index contributed by atoms with van der Waals surface area (Å²) in [6.07, 6.45) is -8.40. The largest absolute Gasteiger partial charge is 0.465 e. The highest BCUT2D eigenvalue weighted by molar-refractivity contribution is 6.10. The zero-order chi connectivity index (χ0) is 93.9. The normalized spacial score (nSPS) is 15.6. The van der Waals surface area contributed by atoms with Crippen LogP contribution < -0.4 is 31.3 Å². The van der Waals surface area contributed by atoms with E-state index in [0.29, 0.717) is 168 Å². The number of amides is 5. The Morgan fingerprint density at radius 2 is 1.06 bits per heavy atom. The Bertz CT molecular complexity index is 4510. The van der Waals surface area contributed by atoms with Crippen molar-refractivity contribution in [1.29, 1.82) is 0 Å². The second kappa shape index (κ2) is 59.7. The van der Waals surface area contributed by atoms with E-state index >= 15 is 0 Å². The van der Waals surface area contributed by atoms with Crippen LogP contribution in [0, 0.1) is 0 Å². The van der Waals surface area contributed by atoms with Crippen molar-refractivity contribution < 1.29 is 153 Å². The number of benzene rings is 4. The molecule has 40 heteroatoms. The van der Waals surface area contributed by atoms with Gasteiger partial charge in [0.05, 0.1) is 194 Å². The van der Waals surface area contributed by atoms with Crippen LogP contribution >= 0.6 is 0 Å². The molecule has 0 radical (unpaired) electrons. The van der Waals surface area contributed by atoms with Crippen LogP contribution in [-0.4, -0.2) is 315 Å². The Morgan fingerprint density at radius 1 is 0.519 bits per heavy atom. The monoisotopic (exact) mass is 1840 g/mol. The third kappa shape index (κ3) is 37.5. The predicted molar refractivity (Wildman–Crippen MR) is 470 cm³/mol. The second-order valence-corrected chi connectivity index (χ2v) is 30.1. The van der Waals surface area contributed by atoms with Gasteiger partial charge in [-0.1, -0.05) is 67.9 Å². The highest BCUT2D eigenvalue weighted by Gasteiger charge is 2.54. The molecular weight excluding hydrogens is 1720 g/mol. The smallest absolute Gasteiger partial charge is 0.413 e. The molecule has 1 aliphatic heterocycles. The number of aliphatic hydroxyl groups excluding tert-OH is 1.